The molecule has 0 atom stereocenters. The number of nitrogens with one attached hydrogen (secondary N) is 1. The quantitative estimate of drug-likeness (QED) is 0.836. The molecule has 0 saturated heterocycles. The molecule has 1 saturated carbocycles. The van der Waals surface area contributed by atoms with E-state index < -0.39 is 0 Å². The molecule has 1 aliphatic carbocycles. The number of thiazole rings is 1. The smallest absolute Gasteiger partial charge is 0.206 e. The summed E-state index contributed by atoms with van der Waals surface area (Å²) in [6.45, 7) is 0. The second kappa shape index (κ2) is 5.21. The maximum atomic E-state index is 4.29. The zero-order valence-corrected chi connectivity index (χ0v) is 12.8. The Morgan fingerprint density at radius 3 is 3.00 bits per heavy atom. The standard InChI is InChI=1S/C9H9BrN4S3/c10-6-3-11-7(16-6)4-15-9-14-13-8(17-9)12-5-1-2-5/h3,5H,1-2,4H2,(H,12,13). The van der Waals surface area contributed by atoms with Gasteiger partial charge in [0.1, 0.15) is 5.01 Å². The lowest BCUT2D eigenvalue weighted by Gasteiger charge is -1.94. The maximum Gasteiger partial charge on any atom is 0.206 e. The fourth-order valence-corrected chi connectivity index (χ4v) is 4.34. The molecule has 3 rings (SSSR count). The van der Waals surface area contributed by atoms with Crippen LogP contribution in [0.15, 0.2) is 14.3 Å². The van der Waals surface area contributed by atoms with Crippen LogP contribution in [0.25, 0.3) is 0 Å². The summed E-state index contributed by atoms with van der Waals surface area (Å²) in [5, 5.41) is 13.7. The molecule has 17 heavy (non-hydrogen) atoms. The molecule has 90 valence electrons. The third kappa shape index (κ3) is 3.40. The van der Waals surface area contributed by atoms with E-state index in [-0.39, 0.29) is 0 Å². The van der Waals surface area contributed by atoms with Crippen LogP contribution in [0.5, 0.6) is 0 Å². The number of rotatable bonds is 5. The SMILES string of the molecule is Brc1cnc(CSc2nnc(NC3CC3)s2)s1. The molecular formula is C9H9BrN4S3. The first-order valence-corrected chi connectivity index (χ1v) is 8.54. The normalized spacial score (nSPS) is 15.1. The minimum absolute atomic E-state index is 0.635. The molecule has 0 bridgehead atoms. The summed E-state index contributed by atoms with van der Waals surface area (Å²) in [6, 6.07) is 0.635. The number of nitrogens with zero attached hydrogens (tertiary/aromatic N) is 3. The van der Waals surface area contributed by atoms with Crippen molar-refractivity contribution in [2.24, 2.45) is 0 Å². The Balaban J connectivity index is 1.55. The minimum Gasteiger partial charge on any atom is -0.357 e. The Hall–Kier alpha value is -0.180. The van der Waals surface area contributed by atoms with Gasteiger partial charge >= 0.3 is 0 Å². The number of hydrogen-bond acceptors (Lipinski definition) is 7. The number of thioether (sulfide) groups is 1. The highest BCUT2D eigenvalue weighted by atomic mass is 79.9. The molecule has 0 amide bonds. The highest BCUT2D eigenvalue weighted by Gasteiger charge is 2.22. The van der Waals surface area contributed by atoms with Crippen LogP contribution >= 0.6 is 50.4 Å². The van der Waals surface area contributed by atoms with Crippen molar-refractivity contribution in [2.75, 3.05) is 5.32 Å². The van der Waals surface area contributed by atoms with Gasteiger partial charge in [0.15, 0.2) is 4.34 Å². The van der Waals surface area contributed by atoms with Crippen molar-refractivity contribution in [1.82, 2.24) is 15.2 Å². The predicted octanol–water partition coefficient (Wildman–Crippen LogP) is 3.62. The third-order valence-corrected chi connectivity index (χ3v) is 5.81. The van der Waals surface area contributed by atoms with E-state index in [1.807, 2.05) is 6.20 Å². The van der Waals surface area contributed by atoms with Crippen LogP contribution in [0.2, 0.25) is 0 Å². The van der Waals surface area contributed by atoms with Gasteiger partial charge in [-0.2, -0.15) is 0 Å². The molecule has 2 heterocycles. The van der Waals surface area contributed by atoms with E-state index in [2.05, 4.69) is 36.4 Å². The van der Waals surface area contributed by atoms with Gasteiger partial charge in [-0.3, -0.25) is 0 Å². The highest BCUT2D eigenvalue weighted by molar-refractivity contribution is 9.11. The van der Waals surface area contributed by atoms with Crippen LogP contribution in [0, 0.1) is 0 Å². The van der Waals surface area contributed by atoms with Crippen molar-refractivity contribution in [3.8, 4) is 0 Å². The molecule has 4 nitrogen and oxygen atoms in total. The van der Waals surface area contributed by atoms with Gasteiger partial charge in [0.2, 0.25) is 5.13 Å². The Morgan fingerprint density at radius 2 is 2.29 bits per heavy atom. The number of anilines is 1. The molecule has 8 heteroatoms. The monoisotopic (exact) mass is 348 g/mol. The van der Waals surface area contributed by atoms with Crippen molar-refractivity contribution in [1.29, 1.82) is 0 Å². The highest BCUT2D eigenvalue weighted by Crippen LogP contribution is 2.32. The molecule has 0 radical (unpaired) electrons. The van der Waals surface area contributed by atoms with Crippen molar-refractivity contribution < 1.29 is 0 Å². The van der Waals surface area contributed by atoms with Crippen LogP contribution in [-0.4, -0.2) is 21.2 Å². The number of halogens is 1. The van der Waals surface area contributed by atoms with Crippen LogP contribution in [0.4, 0.5) is 5.13 Å². The summed E-state index contributed by atoms with van der Waals surface area (Å²) in [5.74, 6) is 0.855. The summed E-state index contributed by atoms with van der Waals surface area (Å²) >= 11 is 8.38. The van der Waals surface area contributed by atoms with Crippen LogP contribution < -0.4 is 5.32 Å². The Kier molecular flexibility index (Phi) is 3.64. The van der Waals surface area contributed by atoms with E-state index in [0.717, 1.165) is 24.0 Å². The van der Waals surface area contributed by atoms with Gasteiger partial charge < -0.3 is 5.32 Å². The molecule has 0 aliphatic heterocycles. The first-order chi connectivity index (χ1) is 8.29. The average Bonchev–Trinajstić information content (AvgIpc) is 2.84. The van der Waals surface area contributed by atoms with Crippen molar-refractivity contribution in [2.45, 2.75) is 29.0 Å². The first-order valence-electron chi connectivity index (χ1n) is 5.12. The van der Waals surface area contributed by atoms with Crippen LogP contribution in [0.3, 0.4) is 0 Å². The summed E-state index contributed by atoms with van der Waals surface area (Å²) < 4.78 is 2.07. The third-order valence-electron chi connectivity index (χ3n) is 2.16. The summed E-state index contributed by atoms with van der Waals surface area (Å²) in [7, 11) is 0. The average molecular weight is 349 g/mol. The van der Waals surface area contributed by atoms with E-state index >= 15 is 0 Å². The van der Waals surface area contributed by atoms with E-state index in [0.29, 0.717) is 6.04 Å². The molecule has 1 aliphatic rings. The number of aromatic nitrogens is 3. The van der Waals surface area contributed by atoms with Gasteiger partial charge in [0, 0.05) is 6.04 Å². The van der Waals surface area contributed by atoms with Gasteiger partial charge in [-0.25, -0.2) is 4.98 Å². The lowest BCUT2D eigenvalue weighted by atomic mass is 10.7. The lowest BCUT2D eigenvalue weighted by molar-refractivity contribution is 0.994. The zero-order valence-electron chi connectivity index (χ0n) is 8.72. The van der Waals surface area contributed by atoms with Crippen molar-refractivity contribution >= 4 is 55.5 Å². The molecule has 2 aromatic rings. The van der Waals surface area contributed by atoms with Gasteiger partial charge in [-0.05, 0) is 28.8 Å². The molecule has 1 fully saturated rings. The summed E-state index contributed by atoms with van der Waals surface area (Å²) in [6.07, 6.45) is 4.35. The molecule has 0 unspecified atom stereocenters. The first kappa shape index (κ1) is 11.9. The Morgan fingerprint density at radius 1 is 1.41 bits per heavy atom. The van der Waals surface area contributed by atoms with Gasteiger partial charge in [0.05, 0.1) is 15.7 Å². The predicted molar refractivity (Wildman–Crippen MR) is 75.9 cm³/mol. The molecule has 0 spiro atoms. The molecule has 2 aromatic heterocycles. The Labute approximate surface area is 119 Å². The summed E-state index contributed by atoms with van der Waals surface area (Å²) in [4.78, 5) is 4.29. The van der Waals surface area contributed by atoms with Gasteiger partial charge in [0.25, 0.3) is 0 Å². The van der Waals surface area contributed by atoms with E-state index in [4.69, 9.17) is 0 Å². The van der Waals surface area contributed by atoms with Crippen molar-refractivity contribution in [3.63, 3.8) is 0 Å². The topological polar surface area (TPSA) is 50.7 Å². The zero-order chi connectivity index (χ0) is 11.7. The lowest BCUT2D eigenvalue weighted by Crippen LogP contribution is -1.99. The summed E-state index contributed by atoms with van der Waals surface area (Å²) in [5.41, 5.74) is 0. The van der Waals surface area contributed by atoms with Crippen LogP contribution in [0.1, 0.15) is 17.8 Å². The fourth-order valence-electron chi connectivity index (χ4n) is 1.21. The molecular weight excluding hydrogens is 340 g/mol. The fraction of sp³-hybridized carbons (Fsp3) is 0.444. The van der Waals surface area contributed by atoms with Crippen molar-refractivity contribution in [3.05, 3.63) is 15.0 Å². The van der Waals surface area contributed by atoms with E-state index in [9.17, 15) is 0 Å². The largest absolute Gasteiger partial charge is 0.357 e. The molecule has 1 N–H and O–H groups in total. The second-order valence-corrected chi connectivity index (χ2v) is 8.33. The second-order valence-electron chi connectivity index (χ2n) is 3.64. The van der Waals surface area contributed by atoms with E-state index in [1.54, 1.807) is 34.4 Å². The van der Waals surface area contributed by atoms with Crippen LogP contribution in [-0.2, 0) is 5.75 Å². The van der Waals surface area contributed by atoms with Gasteiger partial charge in [-0.15, -0.1) is 21.5 Å². The van der Waals surface area contributed by atoms with E-state index in [1.165, 1.54) is 12.8 Å². The number of hydrogen-bond donors (Lipinski definition) is 1. The molecule has 0 aromatic carbocycles. The minimum atomic E-state index is 0.635. The maximum absolute atomic E-state index is 4.29. The van der Waals surface area contributed by atoms with Gasteiger partial charge in [-0.1, -0.05) is 23.1 Å². The Bertz CT molecular complexity index is 508.